The lowest BCUT2D eigenvalue weighted by Gasteiger charge is -2.29. The topological polar surface area (TPSA) is 92.8 Å². The number of aryl methyl sites for hydroxylation is 2. The average molecular weight is 437 g/mol. The van der Waals surface area contributed by atoms with Crippen LogP contribution in [0.4, 0.5) is 5.69 Å². The van der Waals surface area contributed by atoms with Crippen LogP contribution in [0.1, 0.15) is 24.0 Å². The number of piperidine rings is 1. The summed E-state index contributed by atoms with van der Waals surface area (Å²) in [4.78, 5) is 24.3. The Balaban J connectivity index is 1.47. The Hall–Kier alpha value is -2.23. The van der Waals surface area contributed by atoms with Gasteiger partial charge in [0.1, 0.15) is 4.21 Å². The number of thiophene rings is 1. The Labute approximate surface area is 174 Å². The van der Waals surface area contributed by atoms with Crippen molar-refractivity contribution < 1.29 is 22.7 Å². The number of amides is 1. The highest BCUT2D eigenvalue weighted by Gasteiger charge is 2.33. The van der Waals surface area contributed by atoms with Crippen molar-refractivity contribution in [1.29, 1.82) is 0 Å². The number of ether oxygens (including phenoxy) is 1. The average Bonchev–Trinajstić information content (AvgIpc) is 3.21. The number of carbonyl (C=O) groups excluding carboxylic acids is 2. The first-order valence-electron chi connectivity index (χ1n) is 9.34. The number of esters is 1. The normalized spacial score (nSPS) is 15.8. The fourth-order valence-corrected chi connectivity index (χ4v) is 5.98. The van der Waals surface area contributed by atoms with Crippen molar-refractivity contribution in [3.8, 4) is 0 Å². The number of sulfonamides is 1. The number of hydrogen-bond donors (Lipinski definition) is 1. The first-order valence-corrected chi connectivity index (χ1v) is 11.7. The molecule has 1 fully saturated rings. The quantitative estimate of drug-likeness (QED) is 0.703. The third kappa shape index (κ3) is 5.43. The number of anilines is 1. The minimum atomic E-state index is -3.50. The van der Waals surface area contributed by atoms with Crippen molar-refractivity contribution in [2.45, 2.75) is 30.9 Å². The summed E-state index contributed by atoms with van der Waals surface area (Å²) in [6.07, 6.45) is 0.754. The summed E-state index contributed by atoms with van der Waals surface area (Å²) in [5.74, 6) is -1.27. The van der Waals surface area contributed by atoms with E-state index in [1.807, 2.05) is 32.0 Å². The van der Waals surface area contributed by atoms with Gasteiger partial charge in [0.05, 0.1) is 5.92 Å². The number of nitrogens with one attached hydrogen (secondary N) is 1. The molecule has 1 aliphatic heterocycles. The lowest BCUT2D eigenvalue weighted by molar-refractivity contribution is -0.152. The summed E-state index contributed by atoms with van der Waals surface area (Å²) < 4.78 is 31.9. The zero-order valence-corrected chi connectivity index (χ0v) is 18.0. The maximum Gasteiger partial charge on any atom is 0.309 e. The molecular weight excluding hydrogens is 412 g/mol. The van der Waals surface area contributed by atoms with Crippen LogP contribution in [0.2, 0.25) is 0 Å². The van der Waals surface area contributed by atoms with Gasteiger partial charge in [0.25, 0.3) is 15.9 Å². The van der Waals surface area contributed by atoms with E-state index >= 15 is 0 Å². The van der Waals surface area contributed by atoms with Crippen LogP contribution in [0, 0.1) is 19.8 Å². The molecular formula is C20H24N2O5S2. The number of carbonyl (C=O) groups is 2. The fraction of sp³-hybridized carbons (Fsp3) is 0.400. The lowest BCUT2D eigenvalue weighted by Crippen LogP contribution is -2.40. The molecule has 1 saturated heterocycles. The Bertz CT molecular complexity index is 958. The molecule has 0 unspecified atom stereocenters. The van der Waals surface area contributed by atoms with Crippen molar-refractivity contribution in [3.05, 3.63) is 46.8 Å². The van der Waals surface area contributed by atoms with Gasteiger partial charge in [-0.25, -0.2) is 8.42 Å². The SMILES string of the molecule is Cc1cc(C)cc(NC(=O)COC(=O)C2CCN(S(=O)(=O)c3cccs3)CC2)c1. The van der Waals surface area contributed by atoms with Gasteiger partial charge in [0, 0.05) is 18.8 Å². The Morgan fingerprint density at radius 2 is 1.83 bits per heavy atom. The summed E-state index contributed by atoms with van der Waals surface area (Å²) in [7, 11) is -3.50. The number of nitrogens with zero attached hydrogens (tertiary/aromatic N) is 1. The molecule has 0 spiro atoms. The lowest BCUT2D eigenvalue weighted by atomic mass is 9.98. The highest BCUT2D eigenvalue weighted by Crippen LogP contribution is 2.26. The zero-order chi connectivity index (χ0) is 21.0. The van der Waals surface area contributed by atoms with Crippen LogP contribution in [0.5, 0.6) is 0 Å². The van der Waals surface area contributed by atoms with Crippen LogP contribution >= 0.6 is 11.3 Å². The van der Waals surface area contributed by atoms with E-state index in [9.17, 15) is 18.0 Å². The summed E-state index contributed by atoms with van der Waals surface area (Å²) >= 11 is 1.18. The van der Waals surface area contributed by atoms with Gasteiger partial charge in [-0.1, -0.05) is 12.1 Å². The van der Waals surface area contributed by atoms with Crippen LogP contribution in [0.15, 0.2) is 39.9 Å². The van der Waals surface area contributed by atoms with Gasteiger partial charge in [-0.2, -0.15) is 4.31 Å². The van der Waals surface area contributed by atoms with Crippen molar-refractivity contribution in [2.75, 3.05) is 25.0 Å². The second-order valence-electron chi connectivity index (χ2n) is 7.14. The largest absolute Gasteiger partial charge is 0.455 e. The molecule has 156 valence electrons. The van der Waals surface area contributed by atoms with Crippen LogP contribution < -0.4 is 5.32 Å². The zero-order valence-electron chi connectivity index (χ0n) is 16.4. The molecule has 3 rings (SSSR count). The molecule has 2 aromatic rings. The number of hydrogen-bond acceptors (Lipinski definition) is 6. The van der Waals surface area contributed by atoms with Gasteiger partial charge >= 0.3 is 5.97 Å². The first-order chi connectivity index (χ1) is 13.8. The van der Waals surface area contributed by atoms with E-state index in [1.54, 1.807) is 17.5 Å². The summed E-state index contributed by atoms with van der Waals surface area (Å²) in [5.41, 5.74) is 2.72. The molecule has 0 atom stereocenters. The van der Waals surface area contributed by atoms with Crippen molar-refractivity contribution in [1.82, 2.24) is 4.31 Å². The van der Waals surface area contributed by atoms with Gasteiger partial charge in [-0.3, -0.25) is 9.59 Å². The molecule has 0 aliphatic carbocycles. The Morgan fingerprint density at radius 1 is 1.17 bits per heavy atom. The molecule has 1 aromatic carbocycles. The van der Waals surface area contributed by atoms with E-state index in [0.29, 0.717) is 22.7 Å². The second-order valence-corrected chi connectivity index (χ2v) is 10.3. The van der Waals surface area contributed by atoms with E-state index in [-0.39, 0.29) is 19.7 Å². The smallest absolute Gasteiger partial charge is 0.309 e. The van der Waals surface area contributed by atoms with Gasteiger partial charge in [-0.15, -0.1) is 11.3 Å². The van der Waals surface area contributed by atoms with E-state index < -0.39 is 27.8 Å². The summed E-state index contributed by atoms with van der Waals surface area (Å²) in [5, 5.41) is 4.44. The number of rotatable bonds is 6. The second kappa shape index (κ2) is 9.06. The van der Waals surface area contributed by atoms with Crippen LogP contribution in [-0.4, -0.2) is 44.3 Å². The molecule has 1 N–H and O–H groups in total. The molecule has 7 nitrogen and oxygen atoms in total. The molecule has 0 bridgehead atoms. The minimum absolute atomic E-state index is 0.259. The van der Waals surface area contributed by atoms with E-state index in [2.05, 4.69) is 5.32 Å². The third-order valence-electron chi connectivity index (χ3n) is 4.73. The monoisotopic (exact) mass is 436 g/mol. The van der Waals surface area contributed by atoms with Gasteiger partial charge in [-0.05, 0) is 61.4 Å². The van der Waals surface area contributed by atoms with Crippen molar-refractivity contribution in [3.63, 3.8) is 0 Å². The van der Waals surface area contributed by atoms with E-state index in [4.69, 9.17) is 4.74 Å². The van der Waals surface area contributed by atoms with Gasteiger partial charge in [0.2, 0.25) is 0 Å². The molecule has 0 radical (unpaired) electrons. The predicted octanol–water partition coefficient (Wildman–Crippen LogP) is 2.95. The first kappa shape index (κ1) is 21.5. The molecule has 1 amide bonds. The maximum absolute atomic E-state index is 12.5. The molecule has 2 heterocycles. The van der Waals surface area contributed by atoms with Crippen molar-refractivity contribution in [2.24, 2.45) is 5.92 Å². The van der Waals surface area contributed by atoms with E-state index in [1.165, 1.54) is 15.6 Å². The Morgan fingerprint density at radius 3 is 2.41 bits per heavy atom. The molecule has 29 heavy (non-hydrogen) atoms. The van der Waals surface area contributed by atoms with Crippen molar-refractivity contribution >= 4 is 38.9 Å². The fourth-order valence-electron chi connectivity index (χ4n) is 3.37. The molecule has 0 saturated carbocycles. The highest BCUT2D eigenvalue weighted by molar-refractivity contribution is 7.91. The molecule has 9 heteroatoms. The Kier molecular flexibility index (Phi) is 6.71. The minimum Gasteiger partial charge on any atom is -0.455 e. The van der Waals surface area contributed by atoms with Gasteiger partial charge < -0.3 is 10.1 Å². The molecule has 1 aliphatic rings. The standard InChI is InChI=1S/C20H24N2O5S2/c1-14-10-15(2)12-17(11-14)21-18(23)13-27-20(24)16-5-7-22(8-6-16)29(25,26)19-4-3-9-28-19/h3-4,9-12,16H,5-8,13H2,1-2H3,(H,21,23). The predicted molar refractivity (Wildman–Crippen MR) is 111 cm³/mol. The number of benzene rings is 1. The van der Waals surface area contributed by atoms with Crippen LogP contribution in [0.25, 0.3) is 0 Å². The maximum atomic E-state index is 12.5. The van der Waals surface area contributed by atoms with Crippen LogP contribution in [0.3, 0.4) is 0 Å². The molecule has 1 aromatic heterocycles. The van der Waals surface area contributed by atoms with Gasteiger partial charge in [0.15, 0.2) is 6.61 Å². The summed E-state index contributed by atoms with van der Waals surface area (Å²) in [6.45, 7) is 4.03. The third-order valence-corrected chi connectivity index (χ3v) is 8.00. The highest BCUT2D eigenvalue weighted by atomic mass is 32.2. The van der Waals surface area contributed by atoms with Crippen LogP contribution in [-0.2, 0) is 24.3 Å². The van der Waals surface area contributed by atoms with E-state index in [0.717, 1.165) is 11.1 Å². The summed E-state index contributed by atoms with van der Waals surface area (Å²) in [6, 6.07) is 8.97.